The number of carbonyl (C=O) groups excluding carboxylic acids is 3. The number of nitrogens with one attached hydrogen (secondary N) is 3. The van der Waals surface area contributed by atoms with Crippen molar-refractivity contribution in [2.45, 2.75) is 33.2 Å². The van der Waals surface area contributed by atoms with Crippen LogP contribution in [0.3, 0.4) is 0 Å². The van der Waals surface area contributed by atoms with Gasteiger partial charge < -0.3 is 21.7 Å². The normalized spacial score (nSPS) is 11.7. The van der Waals surface area contributed by atoms with Crippen molar-refractivity contribution < 1.29 is 14.4 Å². The molecule has 5 N–H and O–H groups in total. The maximum Gasteiger partial charge on any atom is 0.243 e. The molecule has 0 aliphatic heterocycles. The lowest BCUT2D eigenvalue weighted by Gasteiger charge is -2.15. The molecule has 1 rings (SSSR count). The van der Waals surface area contributed by atoms with Crippen LogP contribution in [0, 0.1) is 5.92 Å². The summed E-state index contributed by atoms with van der Waals surface area (Å²) in [5.41, 5.74) is 7.47. The first kappa shape index (κ1) is 19.6. The molecule has 3 amide bonds. The van der Waals surface area contributed by atoms with Crippen LogP contribution in [0.5, 0.6) is 0 Å². The van der Waals surface area contributed by atoms with Gasteiger partial charge in [-0.25, -0.2) is 0 Å². The molecule has 0 unspecified atom stereocenters. The summed E-state index contributed by atoms with van der Waals surface area (Å²) in [5, 5.41) is 7.60. The maximum absolute atomic E-state index is 11.8. The Hall–Kier alpha value is -2.41. The zero-order valence-corrected chi connectivity index (χ0v) is 14.4. The number of aryl methyl sites for hydroxylation is 1. The van der Waals surface area contributed by atoms with Gasteiger partial charge in [-0.1, -0.05) is 32.9 Å². The molecule has 0 saturated heterocycles. The zero-order chi connectivity index (χ0) is 18.1. The van der Waals surface area contributed by atoms with Crippen LogP contribution in [0.15, 0.2) is 24.3 Å². The second kappa shape index (κ2) is 9.67. The third-order valence-electron chi connectivity index (χ3n) is 3.51. The van der Waals surface area contributed by atoms with Gasteiger partial charge in [0.05, 0.1) is 19.1 Å². The van der Waals surface area contributed by atoms with Crippen molar-refractivity contribution in [3.05, 3.63) is 29.8 Å². The van der Waals surface area contributed by atoms with E-state index in [2.05, 4.69) is 16.0 Å². The molecule has 0 saturated carbocycles. The lowest BCUT2D eigenvalue weighted by Crippen LogP contribution is -2.47. The Balaban J connectivity index is 2.33. The summed E-state index contributed by atoms with van der Waals surface area (Å²) in [5.74, 6) is -1.18. The molecule has 0 aliphatic rings. The van der Waals surface area contributed by atoms with Crippen molar-refractivity contribution in [1.82, 2.24) is 10.6 Å². The highest BCUT2D eigenvalue weighted by Crippen LogP contribution is 2.10. The third kappa shape index (κ3) is 6.78. The van der Waals surface area contributed by atoms with Crippen molar-refractivity contribution in [1.29, 1.82) is 0 Å². The Bertz CT molecular complexity index is 587. The van der Waals surface area contributed by atoms with Crippen molar-refractivity contribution in [2.75, 3.05) is 18.4 Å². The molecule has 0 fully saturated rings. The first-order chi connectivity index (χ1) is 11.3. The summed E-state index contributed by atoms with van der Waals surface area (Å²) in [6.45, 7) is 5.30. The molecule has 0 heterocycles. The fraction of sp³-hybridized carbons (Fsp3) is 0.471. The van der Waals surface area contributed by atoms with Gasteiger partial charge in [0.15, 0.2) is 0 Å². The van der Waals surface area contributed by atoms with E-state index in [4.69, 9.17) is 5.73 Å². The van der Waals surface area contributed by atoms with Gasteiger partial charge in [-0.3, -0.25) is 14.4 Å². The first-order valence-corrected chi connectivity index (χ1v) is 8.02. The number of rotatable bonds is 8. The van der Waals surface area contributed by atoms with Crippen molar-refractivity contribution in [3.63, 3.8) is 0 Å². The fourth-order valence-electron chi connectivity index (χ4n) is 1.90. The molecule has 0 radical (unpaired) electrons. The van der Waals surface area contributed by atoms with Crippen LogP contribution in [0.1, 0.15) is 26.3 Å². The van der Waals surface area contributed by atoms with E-state index in [1.807, 2.05) is 39.0 Å². The van der Waals surface area contributed by atoms with E-state index in [1.54, 1.807) is 6.07 Å². The predicted molar refractivity (Wildman–Crippen MR) is 93.3 cm³/mol. The summed E-state index contributed by atoms with van der Waals surface area (Å²) in [6.07, 6.45) is 0.874. The van der Waals surface area contributed by atoms with Crippen LogP contribution in [0.4, 0.5) is 5.69 Å². The second-order valence-corrected chi connectivity index (χ2v) is 5.87. The number of anilines is 1. The minimum Gasteiger partial charge on any atom is -0.346 e. The van der Waals surface area contributed by atoms with Gasteiger partial charge >= 0.3 is 0 Å². The number of hydrogen-bond donors (Lipinski definition) is 4. The molecule has 1 aromatic carbocycles. The van der Waals surface area contributed by atoms with Crippen LogP contribution >= 0.6 is 0 Å². The van der Waals surface area contributed by atoms with Gasteiger partial charge in [0.1, 0.15) is 0 Å². The minimum atomic E-state index is -0.660. The molecule has 1 aromatic rings. The van der Waals surface area contributed by atoms with E-state index >= 15 is 0 Å². The highest BCUT2D eigenvalue weighted by molar-refractivity contribution is 5.95. The van der Waals surface area contributed by atoms with E-state index in [0.29, 0.717) is 5.69 Å². The largest absolute Gasteiger partial charge is 0.346 e. The van der Waals surface area contributed by atoms with Gasteiger partial charge in [-0.15, -0.1) is 0 Å². The quantitative estimate of drug-likeness (QED) is 0.551. The van der Waals surface area contributed by atoms with Gasteiger partial charge in [-0.05, 0) is 30.0 Å². The van der Waals surface area contributed by atoms with Gasteiger partial charge in [0, 0.05) is 5.69 Å². The second-order valence-electron chi connectivity index (χ2n) is 5.87. The molecule has 0 aromatic heterocycles. The number of benzene rings is 1. The lowest BCUT2D eigenvalue weighted by molar-refractivity contribution is -0.127. The third-order valence-corrected chi connectivity index (χ3v) is 3.51. The highest BCUT2D eigenvalue weighted by Gasteiger charge is 2.17. The Kier molecular flexibility index (Phi) is 7.91. The van der Waals surface area contributed by atoms with Crippen molar-refractivity contribution >= 4 is 23.4 Å². The zero-order valence-electron chi connectivity index (χ0n) is 14.4. The minimum absolute atomic E-state index is 0.0160. The average Bonchev–Trinajstić information content (AvgIpc) is 2.57. The molecular formula is C17H26N4O3. The molecule has 7 nitrogen and oxygen atoms in total. The maximum atomic E-state index is 11.8. The van der Waals surface area contributed by atoms with E-state index < -0.39 is 11.9 Å². The van der Waals surface area contributed by atoms with Crippen LogP contribution in [0.25, 0.3) is 0 Å². The molecule has 1 atom stereocenters. The van der Waals surface area contributed by atoms with Gasteiger partial charge in [0.2, 0.25) is 17.7 Å². The molecule has 132 valence electrons. The summed E-state index contributed by atoms with van der Waals surface area (Å²) < 4.78 is 0. The van der Waals surface area contributed by atoms with Crippen LogP contribution in [-0.2, 0) is 20.8 Å². The Morgan fingerprint density at radius 2 is 1.75 bits per heavy atom. The van der Waals surface area contributed by atoms with Crippen LogP contribution in [0.2, 0.25) is 0 Å². The summed E-state index contributed by atoms with van der Waals surface area (Å²) in [7, 11) is 0. The Morgan fingerprint density at radius 1 is 1.08 bits per heavy atom. The molecule has 0 aliphatic carbocycles. The fourth-order valence-corrected chi connectivity index (χ4v) is 1.90. The molecule has 0 bridgehead atoms. The highest BCUT2D eigenvalue weighted by atomic mass is 16.2. The van der Waals surface area contributed by atoms with Crippen LogP contribution in [-0.4, -0.2) is 36.9 Å². The Morgan fingerprint density at radius 3 is 2.38 bits per heavy atom. The SMILES string of the molecule is CCc1cccc(NC(=O)CNC(=O)CNC(=O)[C@@H](N)C(C)C)c1. The van der Waals surface area contributed by atoms with Gasteiger partial charge in [0.25, 0.3) is 0 Å². The standard InChI is InChI=1S/C17H26N4O3/c1-4-12-6-5-7-13(8-12)21-15(23)10-19-14(22)9-20-17(24)16(18)11(2)3/h5-8,11,16H,4,9-10,18H2,1-3H3,(H,19,22)(H,20,24)(H,21,23)/t16-/m0/s1. The average molecular weight is 334 g/mol. The topological polar surface area (TPSA) is 113 Å². The van der Waals surface area contributed by atoms with Crippen LogP contribution < -0.4 is 21.7 Å². The molecule has 7 heteroatoms. The molecular weight excluding hydrogens is 308 g/mol. The van der Waals surface area contributed by atoms with E-state index in [-0.39, 0.29) is 30.8 Å². The predicted octanol–water partition coefficient (Wildman–Crippen LogP) is 0.403. The Labute approximate surface area is 142 Å². The van der Waals surface area contributed by atoms with Crippen molar-refractivity contribution in [2.24, 2.45) is 11.7 Å². The number of carbonyl (C=O) groups is 3. The molecule has 24 heavy (non-hydrogen) atoms. The number of nitrogens with two attached hydrogens (primary N) is 1. The van der Waals surface area contributed by atoms with E-state index in [9.17, 15) is 14.4 Å². The van der Waals surface area contributed by atoms with Gasteiger partial charge in [-0.2, -0.15) is 0 Å². The van der Waals surface area contributed by atoms with E-state index in [1.165, 1.54) is 0 Å². The van der Waals surface area contributed by atoms with E-state index in [0.717, 1.165) is 12.0 Å². The first-order valence-electron chi connectivity index (χ1n) is 8.02. The summed E-state index contributed by atoms with van der Waals surface area (Å²) in [4.78, 5) is 35.1. The number of hydrogen-bond acceptors (Lipinski definition) is 4. The van der Waals surface area contributed by atoms with Crippen molar-refractivity contribution in [3.8, 4) is 0 Å². The number of amides is 3. The summed E-state index contributed by atoms with van der Waals surface area (Å²) in [6, 6.07) is 6.84. The lowest BCUT2D eigenvalue weighted by atomic mass is 10.1. The molecule has 0 spiro atoms. The smallest absolute Gasteiger partial charge is 0.243 e. The summed E-state index contributed by atoms with van der Waals surface area (Å²) >= 11 is 0. The monoisotopic (exact) mass is 334 g/mol.